The Balaban J connectivity index is 2.14. The molecule has 2 rings (SSSR count). The molecular weight excluding hydrogens is 308 g/mol. The van der Waals surface area contributed by atoms with Crippen LogP contribution in [0.1, 0.15) is 5.69 Å². The van der Waals surface area contributed by atoms with E-state index in [-0.39, 0.29) is 11.4 Å². The maximum absolute atomic E-state index is 11.9. The minimum absolute atomic E-state index is 0.117. The third-order valence-electron chi connectivity index (χ3n) is 2.00. The predicted molar refractivity (Wildman–Crippen MR) is 64.6 cm³/mol. The topological polar surface area (TPSA) is 87.7 Å². The zero-order valence-corrected chi connectivity index (χ0v) is 11.0. The minimum Gasteiger partial charge on any atom is -0.281 e. The molecule has 0 aromatic carbocycles. The van der Waals surface area contributed by atoms with Gasteiger partial charge in [0.2, 0.25) is 10.0 Å². The minimum atomic E-state index is -3.55. The molecule has 2 aromatic heterocycles. The van der Waals surface area contributed by atoms with Gasteiger partial charge < -0.3 is 0 Å². The van der Waals surface area contributed by atoms with Crippen molar-refractivity contribution in [1.29, 1.82) is 0 Å². The molecule has 2 heterocycles. The lowest BCUT2D eigenvalue weighted by molar-refractivity contribution is 0.580. The summed E-state index contributed by atoms with van der Waals surface area (Å²) in [6.07, 6.45) is 4.37. The number of H-pyrrole nitrogens is 1. The van der Waals surface area contributed by atoms with Crippen molar-refractivity contribution in [1.82, 2.24) is 19.9 Å². The van der Waals surface area contributed by atoms with E-state index in [2.05, 4.69) is 35.8 Å². The van der Waals surface area contributed by atoms with Crippen molar-refractivity contribution in [3.63, 3.8) is 0 Å². The summed E-state index contributed by atoms with van der Waals surface area (Å²) in [5, 5.41) is 6.40. The lowest BCUT2D eigenvalue weighted by atomic mass is 10.4. The predicted octanol–water partition coefficient (Wildman–Crippen LogP) is 1.05. The third-order valence-corrected chi connectivity index (χ3v) is 3.80. The van der Waals surface area contributed by atoms with Gasteiger partial charge in [-0.1, -0.05) is 0 Å². The van der Waals surface area contributed by atoms with Crippen molar-refractivity contribution in [3.8, 4) is 0 Å². The van der Waals surface area contributed by atoms with Gasteiger partial charge in [0.25, 0.3) is 0 Å². The van der Waals surface area contributed by atoms with E-state index in [0.717, 1.165) is 0 Å². The molecule has 0 aliphatic rings. The number of pyridine rings is 1. The smallest absolute Gasteiger partial charge is 0.242 e. The van der Waals surface area contributed by atoms with Gasteiger partial charge in [0.15, 0.2) is 0 Å². The highest BCUT2D eigenvalue weighted by atomic mass is 79.9. The molecule has 17 heavy (non-hydrogen) atoms. The normalized spacial score (nSPS) is 11.6. The fraction of sp³-hybridized carbons (Fsp3) is 0.111. The number of nitrogens with zero attached hydrogens (tertiary/aromatic N) is 2. The molecule has 0 atom stereocenters. The van der Waals surface area contributed by atoms with Crippen LogP contribution in [0.2, 0.25) is 0 Å². The van der Waals surface area contributed by atoms with E-state index in [1.165, 1.54) is 18.5 Å². The van der Waals surface area contributed by atoms with Crippen LogP contribution in [-0.4, -0.2) is 23.6 Å². The number of nitrogens with one attached hydrogen (secondary N) is 2. The molecule has 2 N–H and O–H groups in total. The molecule has 6 nitrogen and oxygen atoms in total. The Hall–Kier alpha value is -1.25. The van der Waals surface area contributed by atoms with Gasteiger partial charge in [-0.25, -0.2) is 13.1 Å². The summed E-state index contributed by atoms with van der Waals surface area (Å²) in [5.74, 6) is 0. The highest BCUT2D eigenvalue weighted by Crippen LogP contribution is 2.14. The van der Waals surface area contributed by atoms with E-state index in [1.807, 2.05) is 0 Å². The second kappa shape index (κ2) is 4.94. The Bertz CT molecular complexity index is 597. The first-order valence-corrected chi connectivity index (χ1v) is 6.94. The first-order chi connectivity index (χ1) is 8.08. The van der Waals surface area contributed by atoms with Crippen LogP contribution in [-0.2, 0) is 16.6 Å². The summed E-state index contributed by atoms with van der Waals surface area (Å²) in [7, 11) is -3.55. The van der Waals surface area contributed by atoms with Crippen LogP contribution >= 0.6 is 15.9 Å². The average molecular weight is 317 g/mol. The Morgan fingerprint density at radius 3 is 2.88 bits per heavy atom. The van der Waals surface area contributed by atoms with Gasteiger partial charge in [0, 0.05) is 23.1 Å². The maximum Gasteiger partial charge on any atom is 0.242 e. The molecule has 0 saturated heterocycles. The standard InChI is InChI=1S/C9H9BrN4O2S/c10-7-3-9(6-11-4-7)17(15,16)13-5-8-1-2-12-14-8/h1-4,6,13H,5H2,(H,12,14). The van der Waals surface area contributed by atoms with Crippen molar-refractivity contribution in [3.05, 3.63) is 40.9 Å². The monoisotopic (exact) mass is 316 g/mol. The molecule has 0 saturated carbocycles. The summed E-state index contributed by atoms with van der Waals surface area (Å²) < 4.78 is 26.8. The van der Waals surface area contributed by atoms with Crippen molar-refractivity contribution >= 4 is 26.0 Å². The maximum atomic E-state index is 11.9. The molecule has 0 aliphatic heterocycles. The summed E-state index contributed by atoms with van der Waals surface area (Å²) >= 11 is 3.17. The number of aromatic amines is 1. The molecule has 90 valence electrons. The van der Waals surface area contributed by atoms with Gasteiger partial charge in [0.05, 0.1) is 12.2 Å². The van der Waals surface area contributed by atoms with E-state index in [9.17, 15) is 8.42 Å². The fourth-order valence-electron chi connectivity index (χ4n) is 1.18. The third kappa shape index (κ3) is 3.11. The van der Waals surface area contributed by atoms with E-state index < -0.39 is 10.0 Å². The second-order valence-corrected chi connectivity index (χ2v) is 5.93. The van der Waals surface area contributed by atoms with Gasteiger partial charge >= 0.3 is 0 Å². The number of hydrogen-bond acceptors (Lipinski definition) is 4. The van der Waals surface area contributed by atoms with Crippen molar-refractivity contribution < 1.29 is 8.42 Å². The second-order valence-electron chi connectivity index (χ2n) is 3.25. The van der Waals surface area contributed by atoms with E-state index in [1.54, 1.807) is 12.3 Å². The molecular formula is C9H9BrN4O2S. The number of rotatable bonds is 4. The molecule has 8 heteroatoms. The molecule has 0 aliphatic carbocycles. The molecule has 0 radical (unpaired) electrons. The number of hydrogen-bond donors (Lipinski definition) is 2. The number of sulfonamides is 1. The van der Waals surface area contributed by atoms with Crippen LogP contribution in [0.3, 0.4) is 0 Å². The zero-order valence-electron chi connectivity index (χ0n) is 8.59. The van der Waals surface area contributed by atoms with Crippen LogP contribution in [0.25, 0.3) is 0 Å². The van der Waals surface area contributed by atoms with Crippen LogP contribution < -0.4 is 4.72 Å². The average Bonchev–Trinajstić information content (AvgIpc) is 2.79. The summed E-state index contributed by atoms with van der Waals surface area (Å²) in [6.45, 7) is 0.162. The SMILES string of the molecule is O=S(=O)(NCc1ccn[nH]1)c1cncc(Br)c1. The number of halogens is 1. The zero-order chi connectivity index (χ0) is 12.3. The Kier molecular flexibility index (Phi) is 3.55. The van der Waals surface area contributed by atoms with Crippen molar-refractivity contribution in [2.24, 2.45) is 0 Å². The van der Waals surface area contributed by atoms with Crippen molar-refractivity contribution in [2.75, 3.05) is 0 Å². The van der Waals surface area contributed by atoms with Gasteiger partial charge in [-0.2, -0.15) is 5.10 Å². The van der Waals surface area contributed by atoms with Gasteiger partial charge in [-0.3, -0.25) is 10.1 Å². The van der Waals surface area contributed by atoms with Crippen LogP contribution in [0.5, 0.6) is 0 Å². The summed E-state index contributed by atoms with van der Waals surface area (Å²) in [6, 6.07) is 3.18. The van der Waals surface area contributed by atoms with E-state index in [0.29, 0.717) is 10.2 Å². The van der Waals surface area contributed by atoms with Crippen LogP contribution in [0.4, 0.5) is 0 Å². The van der Waals surface area contributed by atoms with Crippen LogP contribution in [0, 0.1) is 0 Å². The largest absolute Gasteiger partial charge is 0.281 e. The molecule has 0 amide bonds. The van der Waals surface area contributed by atoms with Crippen LogP contribution in [0.15, 0.2) is 40.1 Å². The lowest BCUT2D eigenvalue weighted by Gasteiger charge is -2.05. The molecule has 2 aromatic rings. The fourth-order valence-corrected chi connectivity index (χ4v) is 2.69. The molecule has 0 fully saturated rings. The highest BCUT2D eigenvalue weighted by molar-refractivity contribution is 9.10. The highest BCUT2D eigenvalue weighted by Gasteiger charge is 2.14. The summed E-state index contributed by atoms with van der Waals surface area (Å²) in [4.78, 5) is 3.93. The first kappa shape index (κ1) is 12.2. The lowest BCUT2D eigenvalue weighted by Crippen LogP contribution is -2.23. The summed E-state index contributed by atoms with van der Waals surface area (Å²) in [5.41, 5.74) is 0.691. The Morgan fingerprint density at radius 2 is 2.24 bits per heavy atom. The van der Waals surface area contributed by atoms with Crippen molar-refractivity contribution in [2.45, 2.75) is 11.4 Å². The van der Waals surface area contributed by atoms with E-state index in [4.69, 9.17) is 0 Å². The van der Waals surface area contributed by atoms with E-state index >= 15 is 0 Å². The Labute approximate surface area is 107 Å². The number of aromatic nitrogens is 3. The van der Waals surface area contributed by atoms with Gasteiger partial charge in [-0.15, -0.1) is 0 Å². The Morgan fingerprint density at radius 1 is 1.41 bits per heavy atom. The molecule has 0 bridgehead atoms. The van der Waals surface area contributed by atoms with Gasteiger partial charge in [-0.05, 0) is 28.1 Å². The molecule has 0 unspecified atom stereocenters. The molecule has 0 spiro atoms. The van der Waals surface area contributed by atoms with Gasteiger partial charge in [0.1, 0.15) is 4.90 Å². The quantitative estimate of drug-likeness (QED) is 0.882. The first-order valence-electron chi connectivity index (χ1n) is 4.66.